The third-order valence-electron chi connectivity index (χ3n) is 3.72. The Morgan fingerprint density at radius 3 is 3.00 bits per heavy atom. The molecule has 3 rings (SSSR count). The molecule has 126 valence electrons. The minimum Gasteiger partial charge on any atom is -0.493 e. The number of nitrogens with zero attached hydrogens (tertiary/aromatic N) is 3. The number of methoxy groups -OCH3 is 1. The standard InChI is InChI=1S/C17H20N4O3/c1-20(10-12-8-19-21(2)11-12)17(22)18-9-14-7-13-5-4-6-15(23-3)16(13)24-14/h4-8,11H,9-10H2,1-3H3,(H,18,22). The van der Waals surface area contributed by atoms with Gasteiger partial charge in [-0.05, 0) is 12.1 Å². The van der Waals surface area contributed by atoms with Gasteiger partial charge in [-0.15, -0.1) is 0 Å². The van der Waals surface area contributed by atoms with E-state index in [1.165, 1.54) is 0 Å². The average Bonchev–Trinajstić information content (AvgIpc) is 3.17. The highest BCUT2D eigenvalue weighted by Gasteiger charge is 2.12. The van der Waals surface area contributed by atoms with Gasteiger partial charge in [0.15, 0.2) is 11.3 Å². The van der Waals surface area contributed by atoms with Gasteiger partial charge in [-0.3, -0.25) is 4.68 Å². The molecule has 0 radical (unpaired) electrons. The van der Waals surface area contributed by atoms with Crippen LogP contribution in [0, 0.1) is 0 Å². The van der Waals surface area contributed by atoms with Crippen molar-refractivity contribution in [2.24, 2.45) is 7.05 Å². The quantitative estimate of drug-likeness (QED) is 0.781. The summed E-state index contributed by atoms with van der Waals surface area (Å²) < 4.78 is 12.8. The molecule has 0 bridgehead atoms. The van der Waals surface area contributed by atoms with Gasteiger partial charge in [0, 0.05) is 31.2 Å². The Labute approximate surface area is 139 Å². The molecule has 2 aromatic heterocycles. The minimum absolute atomic E-state index is 0.175. The highest BCUT2D eigenvalue weighted by Crippen LogP contribution is 2.28. The fourth-order valence-corrected chi connectivity index (χ4v) is 2.53. The van der Waals surface area contributed by atoms with Crippen molar-refractivity contribution in [2.75, 3.05) is 14.2 Å². The maximum atomic E-state index is 12.2. The van der Waals surface area contributed by atoms with Crippen LogP contribution in [-0.2, 0) is 20.1 Å². The molecule has 7 heteroatoms. The summed E-state index contributed by atoms with van der Waals surface area (Å²) in [6.07, 6.45) is 3.63. The van der Waals surface area contributed by atoms with Gasteiger partial charge in [0.25, 0.3) is 0 Å². The number of carbonyl (C=O) groups excluding carboxylic acids is 1. The van der Waals surface area contributed by atoms with Gasteiger partial charge < -0.3 is 19.4 Å². The number of ether oxygens (including phenoxy) is 1. The highest BCUT2D eigenvalue weighted by molar-refractivity contribution is 5.83. The van der Waals surface area contributed by atoms with Gasteiger partial charge in [-0.25, -0.2) is 4.79 Å². The topological polar surface area (TPSA) is 72.5 Å². The van der Waals surface area contributed by atoms with Crippen molar-refractivity contribution in [2.45, 2.75) is 13.1 Å². The van der Waals surface area contributed by atoms with E-state index in [1.54, 1.807) is 29.9 Å². The molecule has 0 saturated heterocycles. The van der Waals surface area contributed by atoms with Crippen LogP contribution in [0.15, 0.2) is 41.1 Å². The van der Waals surface area contributed by atoms with Crippen LogP contribution < -0.4 is 10.1 Å². The maximum absolute atomic E-state index is 12.2. The van der Waals surface area contributed by atoms with Crippen molar-refractivity contribution in [3.8, 4) is 5.75 Å². The maximum Gasteiger partial charge on any atom is 0.317 e. The van der Waals surface area contributed by atoms with Crippen molar-refractivity contribution in [1.82, 2.24) is 20.0 Å². The SMILES string of the molecule is COc1cccc2cc(CNC(=O)N(C)Cc3cnn(C)c3)oc12. The van der Waals surface area contributed by atoms with E-state index in [-0.39, 0.29) is 6.03 Å². The number of aromatic nitrogens is 2. The molecule has 0 aliphatic heterocycles. The summed E-state index contributed by atoms with van der Waals surface area (Å²) in [5.41, 5.74) is 1.66. The molecule has 2 amide bonds. The van der Waals surface area contributed by atoms with E-state index in [4.69, 9.17) is 9.15 Å². The fraction of sp³-hybridized carbons (Fsp3) is 0.294. The van der Waals surface area contributed by atoms with E-state index in [0.29, 0.717) is 30.2 Å². The summed E-state index contributed by atoms with van der Waals surface area (Å²) in [7, 11) is 5.19. The molecular weight excluding hydrogens is 308 g/mol. The van der Waals surface area contributed by atoms with Crippen molar-refractivity contribution >= 4 is 17.0 Å². The van der Waals surface area contributed by atoms with E-state index >= 15 is 0 Å². The van der Waals surface area contributed by atoms with E-state index < -0.39 is 0 Å². The molecule has 1 aromatic carbocycles. The van der Waals surface area contributed by atoms with Gasteiger partial charge >= 0.3 is 6.03 Å². The Morgan fingerprint density at radius 2 is 2.29 bits per heavy atom. The van der Waals surface area contributed by atoms with Crippen LogP contribution >= 0.6 is 0 Å². The van der Waals surface area contributed by atoms with Crippen molar-refractivity contribution in [1.29, 1.82) is 0 Å². The van der Waals surface area contributed by atoms with E-state index in [0.717, 1.165) is 10.9 Å². The number of aryl methyl sites for hydroxylation is 1. The molecule has 7 nitrogen and oxygen atoms in total. The molecule has 0 fully saturated rings. The number of hydrogen-bond acceptors (Lipinski definition) is 4. The highest BCUT2D eigenvalue weighted by atomic mass is 16.5. The first-order valence-electron chi connectivity index (χ1n) is 7.58. The number of para-hydroxylation sites is 1. The second-order valence-electron chi connectivity index (χ2n) is 5.63. The van der Waals surface area contributed by atoms with Crippen LogP contribution in [0.5, 0.6) is 5.75 Å². The minimum atomic E-state index is -0.175. The van der Waals surface area contributed by atoms with Crippen molar-refractivity contribution < 1.29 is 13.9 Å². The molecule has 1 N–H and O–H groups in total. The molecule has 24 heavy (non-hydrogen) atoms. The molecule has 0 saturated carbocycles. The van der Waals surface area contributed by atoms with Crippen LogP contribution in [0.2, 0.25) is 0 Å². The molecule has 0 aliphatic carbocycles. The number of carbonyl (C=O) groups is 1. The third-order valence-corrected chi connectivity index (χ3v) is 3.72. The first kappa shape index (κ1) is 15.9. The summed E-state index contributed by atoms with van der Waals surface area (Å²) in [4.78, 5) is 13.8. The largest absolute Gasteiger partial charge is 0.493 e. The first-order valence-corrected chi connectivity index (χ1v) is 7.58. The average molecular weight is 328 g/mol. The Balaban J connectivity index is 1.61. The van der Waals surface area contributed by atoms with Crippen LogP contribution in [0.3, 0.4) is 0 Å². The molecule has 0 unspecified atom stereocenters. The van der Waals surface area contributed by atoms with Crippen LogP contribution in [0.25, 0.3) is 11.0 Å². The van der Waals surface area contributed by atoms with Crippen molar-refractivity contribution in [3.05, 3.63) is 48.0 Å². The summed E-state index contributed by atoms with van der Waals surface area (Å²) in [6, 6.07) is 7.42. The van der Waals surface area contributed by atoms with Crippen LogP contribution in [-0.4, -0.2) is 34.9 Å². The Hall–Kier alpha value is -2.96. The lowest BCUT2D eigenvalue weighted by Crippen LogP contribution is -2.36. The molecular formula is C17H20N4O3. The zero-order valence-electron chi connectivity index (χ0n) is 13.9. The lowest BCUT2D eigenvalue weighted by atomic mass is 10.2. The fourth-order valence-electron chi connectivity index (χ4n) is 2.53. The number of nitrogens with one attached hydrogen (secondary N) is 1. The molecule has 2 heterocycles. The Kier molecular flexibility index (Phi) is 4.41. The summed E-state index contributed by atoms with van der Waals surface area (Å²) in [6.45, 7) is 0.807. The second kappa shape index (κ2) is 6.66. The number of amides is 2. The monoisotopic (exact) mass is 328 g/mol. The van der Waals surface area contributed by atoms with E-state index in [1.807, 2.05) is 37.5 Å². The number of benzene rings is 1. The molecule has 3 aromatic rings. The van der Waals surface area contributed by atoms with Crippen LogP contribution in [0.4, 0.5) is 4.79 Å². The van der Waals surface area contributed by atoms with Crippen LogP contribution in [0.1, 0.15) is 11.3 Å². The smallest absolute Gasteiger partial charge is 0.317 e. The molecule has 0 spiro atoms. The predicted molar refractivity (Wildman–Crippen MR) is 89.7 cm³/mol. The van der Waals surface area contributed by atoms with Gasteiger partial charge in [0.05, 0.1) is 26.4 Å². The summed E-state index contributed by atoms with van der Waals surface area (Å²) in [5.74, 6) is 1.36. The summed E-state index contributed by atoms with van der Waals surface area (Å²) >= 11 is 0. The predicted octanol–water partition coefficient (Wildman–Crippen LogP) is 2.52. The van der Waals surface area contributed by atoms with E-state index in [2.05, 4.69) is 10.4 Å². The van der Waals surface area contributed by atoms with Gasteiger partial charge in [-0.1, -0.05) is 12.1 Å². The Bertz CT molecular complexity index is 853. The lowest BCUT2D eigenvalue weighted by Gasteiger charge is -2.16. The summed E-state index contributed by atoms with van der Waals surface area (Å²) in [5, 5.41) is 7.89. The lowest BCUT2D eigenvalue weighted by molar-refractivity contribution is 0.205. The zero-order valence-corrected chi connectivity index (χ0v) is 13.9. The normalized spacial score (nSPS) is 10.8. The molecule has 0 atom stereocenters. The first-order chi connectivity index (χ1) is 11.6. The van der Waals surface area contributed by atoms with Crippen molar-refractivity contribution in [3.63, 3.8) is 0 Å². The van der Waals surface area contributed by atoms with E-state index in [9.17, 15) is 4.79 Å². The third kappa shape index (κ3) is 3.34. The number of hydrogen-bond donors (Lipinski definition) is 1. The van der Waals surface area contributed by atoms with Gasteiger partial charge in [0.1, 0.15) is 5.76 Å². The number of fused-ring (bicyclic) bond motifs is 1. The zero-order chi connectivity index (χ0) is 17.1. The second-order valence-corrected chi connectivity index (χ2v) is 5.63. The number of furan rings is 1. The van der Waals surface area contributed by atoms with Gasteiger partial charge in [-0.2, -0.15) is 5.10 Å². The molecule has 0 aliphatic rings. The number of urea groups is 1. The van der Waals surface area contributed by atoms with Gasteiger partial charge in [0.2, 0.25) is 0 Å². The Morgan fingerprint density at radius 1 is 1.46 bits per heavy atom. The number of rotatable bonds is 5.